The van der Waals surface area contributed by atoms with Crippen LogP contribution >= 0.6 is 15.9 Å². The largest absolute Gasteiger partial charge is 0.223 e. The van der Waals surface area contributed by atoms with Crippen LogP contribution in [0.25, 0.3) is 0 Å². The molecule has 0 aromatic heterocycles. The third-order valence-electron chi connectivity index (χ3n) is 2.68. The minimum absolute atomic E-state index is 0.159. The predicted molar refractivity (Wildman–Crippen MR) is 76.1 cm³/mol. The van der Waals surface area contributed by atoms with E-state index < -0.39 is 15.7 Å². The van der Waals surface area contributed by atoms with Crippen LogP contribution in [0.5, 0.6) is 0 Å². The number of nitrogens with zero attached hydrogens (tertiary/aromatic N) is 1. The number of benzene rings is 2. The molecule has 20 heavy (non-hydrogen) atoms. The van der Waals surface area contributed by atoms with Crippen molar-refractivity contribution in [3.8, 4) is 6.07 Å². The van der Waals surface area contributed by atoms with Crippen LogP contribution in [0.1, 0.15) is 11.1 Å². The molecule has 0 radical (unpaired) electrons. The number of rotatable bonds is 3. The van der Waals surface area contributed by atoms with Crippen LogP contribution in [0, 0.1) is 17.1 Å². The van der Waals surface area contributed by atoms with Gasteiger partial charge in [-0.3, -0.25) is 0 Å². The summed E-state index contributed by atoms with van der Waals surface area (Å²) in [5.41, 5.74) is 0.222. The maximum atomic E-state index is 13.2. The monoisotopic (exact) mass is 353 g/mol. The van der Waals surface area contributed by atoms with Crippen LogP contribution in [-0.2, 0) is 15.6 Å². The minimum Gasteiger partial charge on any atom is -0.223 e. The molecule has 0 N–H and O–H groups in total. The van der Waals surface area contributed by atoms with E-state index in [9.17, 15) is 12.8 Å². The molecule has 0 saturated heterocycles. The highest BCUT2D eigenvalue weighted by Crippen LogP contribution is 2.20. The van der Waals surface area contributed by atoms with E-state index >= 15 is 0 Å². The van der Waals surface area contributed by atoms with Gasteiger partial charge in [0.1, 0.15) is 11.9 Å². The second kappa shape index (κ2) is 5.73. The van der Waals surface area contributed by atoms with Gasteiger partial charge in [0, 0.05) is 4.47 Å². The number of hydrogen-bond donors (Lipinski definition) is 0. The summed E-state index contributed by atoms with van der Waals surface area (Å²) < 4.78 is 38.4. The standard InChI is InChI=1S/C14H9BrFNO2S/c15-12-2-4-13(5-3-12)20(18,19)9-10-1-6-14(16)11(7-10)8-17/h1-7H,9H2. The number of nitriles is 1. The van der Waals surface area contributed by atoms with Crippen molar-refractivity contribution in [3.63, 3.8) is 0 Å². The van der Waals surface area contributed by atoms with E-state index in [1.165, 1.54) is 24.3 Å². The minimum atomic E-state index is -3.52. The summed E-state index contributed by atoms with van der Waals surface area (Å²) in [7, 11) is -3.52. The molecule has 2 aromatic rings. The fourth-order valence-electron chi connectivity index (χ4n) is 1.69. The molecule has 0 saturated carbocycles. The molecular formula is C14H9BrFNO2S. The van der Waals surface area contributed by atoms with E-state index in [1.807, 2.05) is 0 Å². The molecule has 0 heterocycles. The summed E-state index contributed by atoms with van der Waals surface area (Å²) in [6.07, 6.45) is 0. The summed E-state index contributed by atoms with van der Waals surface area (Å²) in [5.74, 6) is -0.930. The quantitative estimate of drug-likeness (QED) is 0.849. The van der Waals surface area contributed by atoms with E-state index in [0.717, 1.165) is 10.5 Å². The fourth-order valence-corrected chi connectivity index (χ4v) is 3.29. The van der Waals surface area contributed by atoms with Crippen molar-refractivity contribution in [3.05, 3.63) is 63.9 Å². The van der Waals surface area contributed by atoms with Crippen LogP contribution in [0.3, 0.4) is 0 Å². The van der Waals surface area contributed by atoms with Crippen molar-refractivity contribution in [1.29, 1.82) is 5.26 Å². The van der Waals surface area contributed by atoms with Gasteiger partial charge in [-0.15, -0.1) is 0 Å². The molecule has 0 amide bonds. The summed E-state index contributed by atoms with van der Waals surface area (Å²) in [5, 5.41) is 8.74. The van der Waals surface area contributed by atoms with Gasteiger partial charge >= 0.3 is 0 Å². The first kappa shape index (κ1) is 14.7. The van der Waals surface area contributed by atoms with Crippen LogP contribution in [0.15, 0.2) is 51.8 Å². The Morgan fingerprint density at radius 3 is 2.40 bits per heavy atom. The molecule has 3 nitrogen and oxygen atoms in total. The lowest BCUT2D eigenvalue weighted by Crippen LogP contribution is -2.05. The number of halogens is 2. The zero-order valence-electron chi connectivity index (χ0n) is 10.2. The Bertz CT molecular complexity index is 780. The smallest absolute Gasteiger partial charge is 0.182 e. The average Bonchev–Trinajstić information content (AvgIpc) is 2.41. The van der Waals surface area contributed by atoms with Crippen molar-refractivity contribution in [2.45, 2.75) is 10.6 Å². The summed E-state index contributed by atoms with van der Waals surface area (Å²) in [4.78, 5) is 0.184. The van der Waals surface area contributed by atoms with Crippen LogP contribution < -0.4 is 0 Å². The highest BCUT2D eigenvalue weighted by molar-refractivity contribution is 9.10. The lowest BCUT2D eigenvalue weighted by atomic mass is 10.1. The molecular weight excluding hydrogens is 345 g/mol. The molecule has 0 aliphatic rings. The normalized spacial score (nSPS) is 11.1. The Hall–Kier alpha value is -1.71. The van der Waals surface area contributed by atoms with E-state index in [0.29, 0.717) is 5.56 Å². The zero-order chi connectivity index (χ0) is 14.8. The zero-order valence-corrected chi connectivity index (χ0v) is 12.6. The van der Waals surface area contributed by atoms with Crippen molar-refractivity contribution in [1.82, 2.24) is 0 Å². The van der Waals surface area contributed by atoms with E-state index in [2.05, 4.69) is 15.9 Å². The van der Waals surface area contributed by atoms with Crippen molar-refractivity contribution < 1.29 is 12.8 Å². The molecule has 2 rings (SSSR count). The Morgan fingerprint density at radius 1 is 1.15 bits per heavy atom. The first-order valence-corrected chi connectivity index (χ1v) is 8.04. The van der Waals surface area contributed by atoms with Gasteiger partial charge in [0.2, 0.25) is 0 Å². The number of sulfone groups is 1. The van der Waals surface area contributed by atoms with Crippen LogP contribution in [0.4, 0.5) is 4.39 Å². The van der Waals surface area contributed by atoms with Crippen molar-refractivity contribution in [2.75, 3.05) is 0 Å². The maximum absolute atomic E-state index is 13.2. The molecule has 0 aliphatic heterocycles. The molecule has 0 atom stereocenters. The summed E-state index contributed by atoms with van der Waals surface area (Å²) >= 11 is 3.23. The van der Waals surface area contributed by atoms with Gasteiger partial charge in [0.25, 0.3) is 0 Å². The lowest BCUT2D eigenvalue weighted by Gasteiger charge is -2.05. The molecule has 0 bridgehead atoms. The van der Waals surface area contributed by atoms with Gasteiger partial charge in [0.05, 0.1) is 16.2 Å². The van der Waals surface area contributed by atoms with Gasteiger partial charge in [-0.05, 0) is 42.0 Å². The van der Waals surface area contributed by atoms with Gasteiger partial charge in [0.15, 0.2) is 9.84 Å². The topological polar surface area (TPSA) is 57.9 Å². The fraction of sp³-hybridized carbons (Fsp3) is 0.0714. The predicted octanol–water partition coefficient (Wildman–Crippen LogP) is 3.43. The van der Waals surface area contributed by atoms with Gasteiger partial charge in [-0.1, -0.05) is 22.0 Å². The van der Waals surface area contributed by atoms with E-state index in [1.54, 1.807) is 18.2 Å². The highest BCUT2D eigenvalue weighted by atomic mass is 79.9. The average molecular weight is 354 g/mol. The van der Waals surface area contributed by atoms with E-state index in [-0.39, 0.29) is 16.2 Å². The SMILES string of the molecule is N#Cc1cc(CS(=O)(=O)c2ccc(Br)cc2)ccc1F. The third-order valence-corrected chi connectivity index (χ3v) is 4.91. The third kappa shape index (κ3) is 3.24. The number of hydrogen-bond acceptors (Lipinski definition) is 3. The van der Waals surface area contributed by atoms with Crippen molar-refractivity contribution in [2.24, 2.45) is 0 Å². The Labute approximate surface area is 124 Å². The Kier molecular flexibility index (Phi) is 4.21. The highest BCUT2D eigenvalue weighted by Gasteiger charge is 2.16. The first-order chi connectivity index (χ1) is 9.42. The summed E-state index contributed by atoms with van der Waals surface area (Å²) in [6, 6.07) is 11.7. The molecule has 6 heteroatoms. The molecule has 0 spiro atoms. The van der Waals surface area contributed by atoms with E-state index in [4.69, 9.17) is 5.26 Å². The molecule has 2 aromatic carbocycles. The molecule has 0 aliphatic carbocycles. The lowest BCUT2D eigenvalue weighted by molar-refractivity contribution is 0.594. The Morgan fingerprint density at radius 2 is 1.80 bits per heavy atom. The molecule has 0 unspecified atom stereocenters. The van der Waals surface area contributed by atoms with Gasteiger partial charge < -0.3 is 0 Å². The molecule has 0 fully saturated rings. The van der Waals surface area contributed by atoms with Crippen LogP contribution in [0.2, 0.25) is 0 Å². The van der Waals surface area contributed by atoms with Gasteiger partial charge in [-0.2, -0.15) is 5.26 Å². The second-order valence-electron chi connectivity index (χ2n) is 4.14. The van der Waals surface area contributed by atoms with Crippen LogP contribution in [-0.4, -0.2) is 8.42 Å². The van der Waals surface area contributed by atoms with Gasteiger partial charge in [-0.25, -0.2) is 12.8 Å². The second-order valence-corrected chi connectivity index (χ2v) is 7.04. The Balaban J connectivity index is 2.34. The summed E-state index contributed by atoms with van der Waals surface area (Å²) in [6.45, 7) is 0. The maximum Gasteiger partial charge on any atom is 0.182 e. The molecule has 102 valence electrons. The van der Waals surface area contributed by atoms with Crippen molar-refractivity contribution >= 4 is 25.8 Å². The first-order valence-electron chi connectivity index (χ1n) is 5.59.